The van der Waals surface area contributed by atoms with Crippen molar-refractivity contribution in [1.82, 2.24) is 10.3 Å². The fraction of sp³-hybridized carbons (Fsp3) is 0.643. The van der Waals surface area contributed by atoms with E-state index in [0.717, 1.165) is 11.9 Å². The predicted molar refractivity (Wildman–Crippen MR) is 70.5 cm³/mol. The normalized spacial score (nSPS) is 31.5. The maximum Gasteiger partial charge on any atom is 0.127 e. The molecular weight excluding hydrogens is 210 g/mol. The topological polar surface area (TPSA) is 28.2 Å². The summed E-state index contributed by atoms with van der Waals surface area (Å²) in [6, 6.07) is 5.85. The summed E-state index contributed by atoms with van der Waals surface area (Å²) >= 11 is 0. The number of nitrogens with one attached hydrogen (secondary N) is 1. The van der Waals surface area contributed by atoms with Crippen LogP contribution in [0.4, 0.5) is 5.82 Å². The first-order valence-corrected chi connectivity index (χ1v) is 6.63. The lowest BCUT2D eigenvalue weighted by Gasteiger charge is -2.23. The van der Waals surface area contributed by atoms with E-state index in [2.05, 4.69) is 33.5 Å². The van der Waals surface area contributed by atoms with Gasteiger partial charge in [-0.05, 0) is 30.9 Å². The number of aromatic nitrogens is 1. The van der Waals surface area contributed by atoms with Gasteiger partial charge in [0.15, 0.2) is 0 Å². The monoisotopic (exact) mass is 231 g/mol. The number of hydrogen-bond acceptors (Lipinski definition) is 3. The Hall–Kier alpha value is -1.09. The van der Waals surface area contributed by atoms with Gasteiger partial charge in [0.25, 0.3) is 0 Å². The Balaban J connectivity index is 1.80. The van der Waals surface area contributed by atoms with Crippen molar-refractivity contribution in [2.45, 2.75) is 43.7 Å². The highest BCUT2D eigenvalue weighted by Crippen LogP contribution is 2.38. The lowest BCUT2D eigenvalue weighted by atomic mass is 9.92. The SMILES string of the molecule is CN(C)c1ccc([C@@H]2C[C@H]3CCC[C@@H]2N3)cn1. The van der Waals surface area contributed by atoms with Gasteiger partial charge in [0, 0.05) is 38.3 Å². The molecule has 0 saturated carbocycles. The van der Waals surface area contributed by atoms with Gasteiger partial charge < -0.3 is 10.2 Å². The second-order valence-corrected chi connectivity index (χ2v) is 5.59. The van der Waals surface area contributed by atoms with E-state index in [0.29, 0.717) is 12.0 Å². The third-order valence-corrected chi connectivity index (χ3v) is 4.20. The molecule has 17 heavy (non-hydrogen) atoms. The largest absolute Gasteiger partial charge is 0.363 e. The zero-order chi connectivity index (χ0) is 11.8. The van der Waals surface area contributed by atoms with Crippen LogP contribution in [-0.4, -0.2) is 31.2 Å². The molecule has 2 bridgehead atoms. The Morgan fingerprint density at radius 2 is 2.18 bits per heavy atom. The first-order chi connectivity index (χ1) is 8.24. The highest BCUT2D eigenvalue weighted by atomic mass is 15.1. The standard InChI is InChI=1S/C14H21N3/c1-17(2)14-7-6-10(9-15-14)12-8-11-4-3-5-13(12)16-11/h6-7,9,11-13,16H,3-5,8H2,1-2H3/t11-,12+,13+/m1/s1. The second-order valence-electron chi connectivity index (χ2n) is 5.59. The van der Waals surface area contributed by atoms with Crippen LogP contribution in [0.15, 0.2) is 18.3 Å². The van der Waals surface area contributed by atoms with Crippen LogP contribution in [0.25, 0.3) is 0 Å². The first kappa shape index (κ1) is 11.0. The molecule has 0 spiro atoms. The summed E-state index contributed by atoms with van der Waals surface area (Å²) in [7, 11) is 4.07. The summed E-state index contributed by atoms with van der Waals surface area (Å²) in [6.07, 6.45) is 7.45. The minimum atomic E-state index is 0.686. The third kappa shape index (κ3) is 2.04. The van der Waals surface area contributed by atoms with Gasteiger partial charge in [-0.3, -0.25) is 0 Å². The number of fused-ring (bicyclic) bond motifs is 2. The van der Waals surface area contributed by atoms with Crippen LogP contribution in [0.3, 0.4) is 0 Å². The summed E-state index contributed by atoms with van der Waals surface area (Å²) in [6.45, 7) is 0. The molecule has 2 aliphatic rings. The summed E-state index contributed by atoms with van der Waals surface area (Å²) in [5.41, 5.74) is 1.41. The van der Waals surface area contributed by atoms with Gasteiger partial charge in [-0.15, -0.1) is 0 Å². The zero-order valence-electron chi connectivity index (χ0n) is 10.7. The summed E-state index contributed by atoms with van der Waals surface area (Å²) < 4.78 is 0. The van der Waals surface area contributed by atoms with E-state index in [1.54, 1.807) is 0 Å². The number of rotatable bonds is 2. The summed E-state index contributed by atoms with van der Waals surface area (Å²) in [5.74, 6) is 1.73. The molecule has 0 amide bonds. The third-order valence-electron chi connectivity index (χ3n) is 4.20. The Labute approximate surface area is 103 Å². The van der Waals surface area contributed by atoms with Crippen molar-refractivity contribution < 1.29 is 0 Å². The Morgan fingerprint density at radius 3 is 2.82 bits per heavy atom. The van der Waals surface area contributed by atoms with Crippen molar-refractivity contribution in [2.24, 2.45) is 0 Å². The highest BCUT2D eigenvalue weighted by Gasteiger charge is 2.37. The van der Waals surface area contributed by atoms with E-state index < -0.39 is 0 Å². The molecule has 92 valence electrons. The fourth-order valence-corrected chi connectivity index (χ4v) is 3.28. The number of nitrogens with zero attached hydrogens (tertiary/aromatic N) is 2. The molecule has 3 nitrogen and oxygen atoms in total. The second kappa shape index (κ2) is 4.30. The Morgan fingerprint density at radius 1 is 1.29 bits per heavy atom. The fourth-order valence-electron chi connectivity index (χ4n) is 3.28. The first-order valence-electron chi connectivity index (χ1n) is 6.63. The molecule has 1 N–H and O–H groups in total. The Kier molecular flexibility index (Phi) is 2.79. The van der Waals surface area contributed by atoms with Crippen LogP contribution in [0.5, 0.6) is 0 Å². The van der Waals surface area contributed by atoms with Crippen LogP contribution in [-0.2, 0) is 0 Å². The van der Waals surface area contributed by atoms with Gasteiger partial charge in [0.2, 0.25) is 0 Å². The maximum absolute atomic E-state index is 4.54. The smallest absolute Gasteiger partial charge is 0.127 e. The quantitative estimate of drug-likeness (QED) is 0.845. The van der Waals surface area contributed by atoms with Crippen molar-refractivity contribution in [3.8, 4) is 0 Å². The minimum Gasteiger partial charge on any atom is -0.363 e. The number of hydrogen-bond donors (Lipinski definition) is 1. The van der Waals surface area contributed by atoms with Crippen molar-refractivity contribution in [3.63, 3.8) is 0 Å². The molecule has 0 unspecified atom stereocenters. The molecule has 0 aliphatic carbocycles. The molecule has 3 heterocycles. The van der Waals surface area contributed by atoms with Gasteiger partial charge in [-0.25, -0.2) is 4.98 Å². The molecular formula is C14H21N3. The van der Waals surface area contributed by atoms with E-state index in [4.69, 9.17) is 0 Å². The summed E-state index contributed by atoms with van der Waals surface area (Å²) in [4.78, 5) is 6.59. The highest BCUT2D eigenvalue weighted by molar-refractivity contribution is 5.38. The zero-order valence-corrected chi connectivity index (χ0v) is 10.7. The average molecular weight is 231 g/mol. The van der Waals surface area contributed by atoms with Crippen LogP contribution in [0.1, 0.15) is 37.2 Å². The van der Waals surface area contributed by atoms with E-state index in [1.165, 1.54) is 31.2 Å². The van der Waals surface area contributed by atoms with E-state index in [9.17, 15) is 0 Å². The van der Waals surface area contributed by atoms with Gasteiger partial charge >= 0.3 is 0 Å². The van der Waals surface area contributed by atoms with E-state index >= 15 is 0 Å². The summed E-state index contributed by atoms with van der Waals surface area (Å²) in [5, 5.41) is 3.74. The maximum atomic E-state index is 4.54. The molecule has 3 atom stereocenters. The minimum absolute atomic E-state index is 0.686. The van der Waals surface area contributed by atoms with Gasteiger partial charge in [-0.2, -0.15) is 0 Å². The average Bonchev–Trinajstić information content (AvgIpc) is 2.64. The number of anilines is 1. The molecule has 1 aromatic heterocycles. The molecule has 1 aromatic rings. The molecule has 3 heteroatoms. The predicted octanol–water partition coefficient (Wildman–Crippen LogP) is 2.15. The molecule has 2 saturated heterocycles. The van der Waals surface area contributed by atoms with Crippen molar-refractivity contribution in [3.05, 3.63) is 23.9 Å². The van der Waals surface area contributed by atoms with E-state index in [1.807, 2.05) is 14.1 Å². The molecule has 2 fully saturated rings. The van der Waals surface area contributed by atoms with Crippen LogP contribution < -0.4 is 10.2 Å². The van der Waals surface area contributed by atoms with Crippen LogP contribution in [0, 0.1) is 0 Å². The van der Waals surface area contributed by atoms with Gasteiger partial charge in [0.05, 0.1) is 0 Å². The molecule has 2 aliphatic heterocycles. The number of pyridine rings is 1. The lowest BCUT2D eigenvalue weighted by Crippen LogP contribution is -2.34. The van der Waals surface area contributed by atoms with Crippen molar-refractivity contribution >= 4 is 5.82 Å². The molecule has 3 rings (SSSR count). The molecule has 0 aromatic carbocycles. The van der Waals surface area contributed by atoms with E-state index in [-0.39, 0.29) is 0 Å². The van der Waals surface area contributed by atoms with Crippen molar-refractivity contribution in [2.75, 3.05) is 19.0 Å². The van der Waals surface area contributed by atoms with Crippen molar-refractivity contribution in [1.29, 1.82) is 0 Å². The number of piperidine rings is 1. The van der Waals surface area contributed by atoms with Crippen LogP contribution >= 0.6 is 0 Å². The lowest BCUT2D eigenvalue weighted by molar-refractivity contribution is 0.397. The van der Waals surface area contributed by atoms with Crippen LogP contribution in [0.2, 0.25) is 0 Å². The van der Waals surface area contributed by atoms with Gasteiger partial charge in [0.1, 0.15) is 5.82 Å². The van der Waals surface area contributed by atoms with Gasteiger partial charge in [-0.1, -0.05) is 12.5 Å². The molecule has 0 radical (unpaired) electrons. The Bertz CT molecular complexity index is 385.